The van der Waals surface area contributed by atoms with E-state index in [4.69, 9.17) is 23.7 Å². The van der Waals surface area contributed by atoms with Crippen LogP contribution in [0.25, 0.3) is 0 Å². The third kappa shape index (κ3) is 8.38. The highest BCUT2D eigenvalue weighted by Crippen LogP contribution is 2.41. The molecule has 3 fully saturated rings. The largest absolute Gasteiger partial charge is 0.482 e. The van der Waals surface area contributed by atoms with E-state index in [1.807, 2.05) is 27.7 Å². The van der Waals surface area contributed by atoms with Crippen molar-refractivity contribution in [1.82, 2.24) is 10.2 Å². The Hall–Kier alpha value is -2.92. The minimum absolute atomic E-state index is 0.0142. The fraction of sp³-hybridized carbons (Fsp3) is 0.719. The lowest BCUT2D eigenvalue weighted by Crippen LogP contribution is -2.65. The molecule has 1 saturated carbocycles. The van der Waals surface area contributed by atoms with E-state index in [1.165, 1.54) is 6.07 Å². The van der Waals surface area contributed by atoms with E-state index < -0.39 is 34.8 Å². The zero-order valence-electron chi connectivity index (χ0n) is 26.5. The van der Waals surface area contributed by atoms with E-state index in [-0.39, 0.29) is 56.2 Å². The average molecular weight is 607 g/mol. The molecule has 10 nitrogen and oxygen atoms in total. The smallest absolute Gasteiger partial charge is 0.410 e. The Labute approximate surface area is 253 Å². The molecule has 4 rings (SSSR count). The molecule has 43 heavy (non-hydrogen) atoms. The summed E-state index contributed by atoms with van der Waals surface area (Å²) in [7, 11) is 0. The van der Waals surface area contributed by atoms with Crippen molar-refractivity contribution >= 4 is 18.0 Å². The van der Waals surface area contributed by atoms with Crippen LogP contribution in [-0.4, -0.2) is 84.2 Å². The second kappa shape index (κ2) is 13.0. The van der Waals surface area contributed by atoms with Crippen LogP contribution in [0.2, 0.25) is 0 Å². The van der Waals surface area contributed by atoms with Crippen LogP contribution < -0.4 is 10.1 Å². The number of ether oxygens (including phenoxy) is 5. The lowest BCUT2D eigenvalue weighted by molar-refractivity contribution is -0.157. The van der Waals surface area contributed by atoms with Crippen molar-refractivity contribution in [1.29, 1.82) is 0 Å². The van der Waals surface area contributed by atoms with Crippen LogP contribution in [0.15, 0.2) is 18.2 Å². The minimum Gasteiger partial charge on any atom is -0.482 e. The first kappa shape index (κ1) is 33.0. The Kier molecular flexibility index (Phi) is 9.95. The number of morpholine rings is 1. The summed E-state index contributed by atoms with van der Waals surface area (Å²) in [6, 6.07) is 3.99. The van der Waals surface area contributed by atoms with Gasteiger partial charge in [0, 0.05) is 11.6 Å². The van der Waals surface area contributed by atoms with Gasteiger partial charge in [0.15, 0.2) is 6.61 Å². The summed E-state index contributed by atoms with van der Waals surface area (Å²) in [5, 5.41) is 3.10. The third-order valence-corrected chi connectivity index (χ3v) is 8.04. The molecular weight excluding hydrogens is 559 g/mol. The predicted molar refractivity (Wildman–Crippen MR) is 156 cm³/mol. The molecule has 3 atom stereocenters. The first-order chi connectivity index (χ1) is 20.1. The van der Waals surface area contributed by atoms with Crippen LogP contribution >= 0.6 is 0 Å². The number of nitrogens with one attached hydrogen (secondary N) is 1. The number of esters is 1. The molecule has 1 aliphatic carbocycles. The van der Waals surface area contributed by atoms with Gasteiger partial charge >= 0.3 is 12.1 Å². The van der Waals surface area contributed by atoms with Crippen LogP contribution in [0.4, 0.5) is 9.18 Å². The molecule has 2 heterocycles. The molecule has 2 aliphatic heterocycles. The quantitative estimate of drug-likeness (QED) is 0.438. The molecule has 3 aliphatic rings. The number of carbonyl (C=O) groups excluding carboxylic acids is 3. The molecule has 0 aromatic heterocycles. The molecule has 1 aromatic rings. The predicted octanol–water partition coefficient (Wildman–Crippen LogP) is 4.87. The maximum Gasteiger partial charge on any atom is 0.410 e. The van der Waals surface area contributed by atoms with Crippen molar-refractivity contribution in [3.8, 4) is 5.75 Å². The molecule has 240 valence electrons. The normalized spacial score (nSPS) is 28.0. The standard InChI is InChI=1S/C32H47FN2O8/c1-20-15-32(19-39-17-26(36)34-32)25(35(20)29(38)43-31(5,6)7)16-40-22-13-11-21(12-14-22)28-23(33)9-8-10-24(28)41-18-27(37)42-30(2,3)4/h8-10,20-22,25H,11-19H2,1-7H3,(H,34,36)/t20-,21-,22+,25?,32?/m1/s1. The first-order valence-electron chi connectivity index (χ1n) is 15.2. The summed E-state index contributed by atoms with van der Waals surface area (Å²) < 4.78 is 43.9. The summed E-state index contributed by atoms with van der Waals surface area (Å²) in [5.74, 6) is -0.854. The summed E-state index contributed by atoms with van der Waals surface area (Å²) >= 11 is 0. The van der Waals surface area contributed by atoms with Gasteiger partial charge in [0.1, 0.15) is 29.4 Å². The van der Waals surface area contributed by atoms with Gasteiger partial charge in [-0.15, -0.1) is 0 Å². The average Bonchev–Trinajstić information content (AvgIpc) is 3.14. The Morgan fingerprint density at radius 2 is 1.74 bits per heavy atom. The van der Waals surface area contributed by atoms with Crippen LogP contribution in [0.3, 0.4) is 0 Å². The van der Waals surface area contributed by atoms with Crippen LogP contribution in [0.1, 0.15) is 92.1 Å². The number of amides is 2. The Balaban J connectivity index is 1.41. The number of hydrogen-bond donors (Lipinski definition) is 1. The van der Waals surface area contributed by atoms with Crippen molar-refractivity contribution in [2.75, 3.05) is 26.4 Å². The van der Waals surface area contributed by atoms with Gasteiger partial charge in [-0.25, -0.2) is 14.0 Å². The summed E-state index contributed by atoms with van der Waals surface area (Å²) in [5.41, 5.74) is -1.62. The molecule has 1 N–H and O–H groups in total. The maximum atomic E-state index is 15.1. The van der Waals surface area contributed by atoms with Crippen molar-refractivity contribution in [3.63, 3.8) is 0 Å². The topological polar surface area (TPSA) is 113 Å². The molecule has 0 bridgehead atoms. The highest BCUT2D eigenvalue weighted by Gasteiger charge is 2.56. The van der Waals surface area contributed by atoms with Crippen LogP contribution in [0, 0.1) is 5.82 Å². The lowest BCUT2D eigenvalue weighted by Gasteiger charge is -2.41. The third-order valence-electron chi connectivity index (χ3n) is 8.04. The van der Waals surface area contributed by atoms with Gasteiger partial charge in [-0.3, -0.25) is 9.69 Å². The number of benzene rings is 1. The number of carbonyl (C=O) groups is 3. The van der Waals surface area contributed by atoms with Gasteiger partial charge in [0.05, 0.1) is 30.9 Å². The minimum atomic E-state index is -0.767. The Morgan fingerprint density at radius 3 is 2.37 bits per heavy atom. The van der Waals surface area contributed by atoms with Gasteiger partial charge < -0.3 is 29.0 Å². The molecule has 2 unspecified atom stereocenters. The fourth-order valence-corrected chi connectivity index (χ4v) is 6.45. The number of nitrogens with zero attached hydrogens (tertiary/aromatic N) is 1. The summed E-state index contributed by atoms with van der Waals surface area (Å²) in [6.45, 7) is 12.9. The van der Waals surface area contributed by atoms with Crippen LogP contribution in [0.5, 0.6) is 5.75 Å². The van der Waals surface area contributed by atoms with E-state index >= 15 is 4.39 Å². The van der Waals surface area contributed by atoms with E-state index in [2.05, 4.69) is 5.32 Å². The zero-order chi connectivity index (χ0) is 31.6. The maximum absolute atomic E-state index is 15.1. The summed E-state index contributed by atoms with van der Waals surface area (Å²) in [4.78, 5) is 39.5. The van der Waals surface area contributed by atoms with E-state index in [9.17, 15) is 14.4 Å². The highest BCUT2D eigenvalue weighted by molar-refractivity contribution is 5.79. The molecule has 2 saturated heterocycles. The van der Waals surface area contributed by atoms with Gasteiger partial charge in [-0.1, -0.05) is 6.07 Å². The lowest BCUT2D eigenvalue weighted by atomic mass is 9.82. The van der Waals surface area contributed by atoms with E-state index in [0.717, 1.165) is 0 Å². The molecular formula is C32H47FN2O8. The number of rotatable bonds is 7. The fourth-order valence-electron chi connectivity index (χ4n) is 6.45. The van der Waals surface area contributed by atoms with Gasteiger partial charge in [-0.05, 0) is 98.6 Å². The van der Waals surface area contributed by atoms with Gasteiger partial charge in [-0.2, -0.15) is 0 Å². The summed E-state index contributed by atoms with van der Waals surface area (Å²) in [6.07, 6.45) is 2.64. The number of hydrogen-bond acceptors (Lipinski definition) is 8. The monoisotopic (exact) mass is 606 g/mol. The van der Waals surface area contributed by atoms with E-state index in [1.54, 1.807) is 37.8 Å². The molecule has 0 radical (unpaired) electrons. The number of halogens is 1. The molecule has 1 spiro atoms. The van der Waals surface area contributed by atoms with Crippen molar-refractivity contribution in [2.24, 2.45) is 0 Å². The van der Waals surface area contributed by atoms with Gasteiger partial charge in [0.2, 0.25) is 5.91 Å². The van der Waals surface area contributed by atoms with Crippen LogP contribution in [-0.2, 0) is 28.5 Å². The second-order valence-electron chi connectivity index (χ2n) is 14.0. The number of likely N-dealkylation sites (tertiary alicyclic amines) is 1. The molecule has 1 aromatic carbocycles. The Bertz CT molecular complexity index is 1170. The van der Waals surface area contributed by atoms with Crippen molar-refractivity contribution in [3.05, 3.63) is 29.6 Å². The van der Waals surface area contributed by atoms with Gasteiger partial charge in [0.25, 0.3) is 0 Å². The SMILES string of the molecule is C[C@@H]1CC2(COCC(=O)N2)C(CO[C@H]2CC[C@@H](c3c(F)cccc3OCC(=O)OC(C)(C)C)CC2)N1C(=O)OC(C)(C)C. The van der Waals surface area contributed by atoms with E-state index in [0.29, 0.717) is 43.4 Å². The zero-order valence-corrected chi connectivity index (χ0v) is 26.5. The molecule has 2 amide bonds. The second-order valence-corrected chi connectivity index (χ2v) is 14.0. The van der Waals surface area contributed by atoms with Crippen molar-refractivity contribution < 1.29 is 42.5 Å². The first-order valence-corrected chi connectivity index (χ1v) is 15.2. The highest BCUT2D eigenvalue weighted by atomic mass is 19.1. The van der Waals surface area contributed by atoms with Crippen molar-refractivity contribution in [2.45, 2.75) is 121 Å². The molecule has 11 heteroatoms. The Morgan fingerprint density at radius 1 is 1.07 bits per heavy atom.